The molecule has 2 N–H and O–H groups in total. The molecule has 1 heterocycles. The van der Waals surface area contributed by atoms with Crippen LogP contribution < -0.4 is 15.4 Å². The Bertz CT molecular complexity index is 960. The summed E-state index contributed by atoms with van der Waals surface area (Å²) in [5, 5.41) is 13.8. The molecule has 29 heavy (non-hydrogen) atoms. The first-order chi connectivity index (χ1) is 13.9. The number of rotatable bonds is 6. The van der Waals surface area contributed by atoms with Crippen LogP contribution >= 0.6 is 35.0 Å². The van der Waals surface area contributed by atoms with Crippen molar-refractivity contribution in [3.8, 4) is 5.75 Å². The van der Waals surface area contributed by atoms with Gasteiger partial charge in [-0.3, -0.25) is 9.59 Å². The fourth-order valence-electron chi connectivity index (χ4n) is 2.43. The molecule has 2 aromatic carbocycles. The monoisotopic (exact) mass is 450 g/mol. The van der Waals surface area contributed by atoms with Crippen molar-refractivity contribution in [2.24, 2.45) is 10.2 Å². The van der Waals surface area contributed by atoms with Crippen LogP contribution in [0.1, 0.15) is 12.0 Å². The Labute approximate surface area is 181 Å². The number of hydrogen-bond donors (Lipinski definition) is 2. The Morgan fingerprint density at radius 1 is 1.24 bits per heavy atom. The molecule has 1 aliphatic heterocycles. The Morgan fingerprint density at radius 2 is 1.93 bits per heavy atom. The minimum atomic E-state index is -0.598. The molecule has 1 saturated heterocycles. The second-order valence-electron chi connectivity index (χ2n) is 5.93. The van der Waals surface area contributed by atoms with Crippen molar-refractivity contribution in [3.63, 3.8) is 0 Å². The molecule has 0 bridgehead atoms. The summed E-state index contributed by atoms with van der Waals surface area (Å²) < 4.78 is 5.09. The highest BCUT2D eigenvalue weighted by molar-refractivity contribution is 8.15. The maximum atomic E-state index is 12.2. The van der Waals surface area contributed by atoms with Crippen LogP contribution in [0.4, 0.5) is 5.69 Å². The minimum Gasteiger partial charge on any atom is -0.497 e. The van der Waals surface area contributed by atoms with Crippen molar-refractivity contribution < 1.29 is 14.3 Å². The average Bonchev–Trinajstić information content (AvgIpc) is 3.00. The minimum absolute atomic E-state index is 0.0259. The van der Waals surface area contributed by atoms with E-state index in [-0.39, 0.29) is 18.2 Å². The quantitative estimate of drug-likeness (QED) is 0.514. The van der Waals surface area contributed by atoms with Gasteiger partial charge in [0.25, 0.3) is 0 Å². The van der Waals surface area contributed by atoms with E-state index in [4.69, 9.17) is 27.9 Å². The number of nitrogens with one attached hydrogen (secondary N) is 2. The number of halogens is 2. The largest absolute Gasteiger partial charge is 0.497 e. The number of thioether (sulfide) groups is 1. The van der Waals surface area contributed by atoms with Gasteiger partial charge >= 0.3 is 0 Å². The van der Waals surface area contributed by atoms with Gasteiger partial charge in [0, 0.05) is 22.2 Å². The molecule has 0 spiro atoms. The van der Waals surface area contributed by atoms with E-state index >= 15 is 0 Å². The fraction of sp³-hybridized carbons (Fsp3) is 0.158. The summed E-state index contributed by atoms with van der Waals surface area (Å²) in [5.41, 5.74) is 1.30. The van der Waals surface area contributed by atoms with Crippen LogP contribution in [0.25, 0.3) is 0 Å². The Kier molecular flexibility index (Phi) is 7.13. The van der Waals surface area contributed by atoms with E-state index in [0.717, 1.165) is 23.1 Å². The zero-order valence-electron chi connectivity index (χ0n) is 15.2. The lowest BCUT2D eigenvalue weighted by Gasteiger charge is -2.08. The number of carbonyl (C=O) groups is 2. The molecule has 1 atom stereocenters. The summed E-state index contributed by atoms with van der Waals surface area (Å²) >= 11 is 13.0. The molecule has 1 aliphatic rings. The van der Waals surface area contributed by atoms with Crippen LogP contribution in [-0.2, 0) is 9.59 Å². The van der Waals surface area contributed by atoms with E-state index in [1.165, 1.54) is 0 Å². The molecule has 7 nitrogen and oxygen atoms in total. The normalized spacial score (nSPS) is 17.6. The van der Waals surface area contributed by atoms with E-state index in [0.29, 0.717) is 20.9 Å². The zero-order valence-corrected chi connectivity index (χ0v) is 17.5. The highest BCUT2D eigenvalue weighted by Crippen LogP contribution is 2.25. The predicted molar refractivity (Wildman–Crippen MR) is 117 cm³/mol. The number of carbonyl (C=O) groups excluding carboxylic acids is 2. The highest BCUT2D eigenvalue weighted by atomic mass is 35.5. The van der Waals surface area contributed by atoms with Crippen molar-refractivity contribution in [3.05, 3.63) is 58.1 Å². The van der Waals surface area contributed by atoms with Gasteiger partial charge in [0.05, 0.1) is 13.3 Å². The average molecular weight is 451 g/mol. The molecule has 0 aromatic heterocycles. The summed E-state index contributed by atoms with van der Waals surface area (Å²) in [6, 6.07) is 12.0. The third-order valence-electron chi connectivity index (χ3n) is 3.76. The molecule has 10 heteroatoms. The number of hydrogen-bond acceptors (Lipinski definition) is 6. The van der Waals surface area contributed by atoms with Crippen molar-refractivity contribution in [1.82, 2.24) is 5.32 Å². The molecular weight excluding hydrogens is 435 g/mol. The van der Waals surface area contributed by atoms with Gasteiger partial charge in [-0.25, -0.2) is 0 Å². The number of amides is 2. The number of ether oxygens (including phenoxy) is 1. The van der Waals surface area contributed by atoms with Crippen LogP contribution in [-0.4, -0.2) is 35.6 Å². The smallest absolute Gasteiger partial charge is 0.240 e. The lowest BCUT2D eigenvalue weighted by atomic mass is 10.2. The molecule has 0 radical (unpaired) electrons. The van der Waals surface area contributed by atoms with Crippen molar-refractivity contribution >= 4 is 63.8 Å². The first-order valence-electron chi connectivity index (χ1n) is 8.41. The molecule has 2 amide bonds. The summed E-state index contributed by atoms with van der Waals surface area (Å²) in [4.78, 5) is 24.3. The maximum absolute atomic E-state index is 12.2. The number of methoxy groups -OCH3 is 1. The third kappa shape index (κ3) is 6.22. The number of amidine groups is 1. The number of benzene rings is 2. The summed E-state index contributed by atoms with van der Waals surface area (Å²) in [6.07, 6.45) is 1.53. The molecule has 2 aromatic rings. The first-order valence-corrected chi connectivity index (χ1v) is 10.0. The maximum Gasteiger partial charge on any atom is 0.240 e. The fourth-order valence-corrected chi connectivity index (χ4v) is 3.88. The van der Waals surface area contributed by atoms with Crippen molar-refractivity contribution in [2.75, 3.05) is 12.4 Å². The van der Waals surface area contributed by atoms with E-state index in [1.54, 1.807) is 31.5 Å². The number of nitrogens with zero attached hydrogens (tertiary/aromatic N) is 2. The van der Waals surface area contributed by atoms with Crippen molar-refractivity contribution in [1.29, 1.82) is 0 Å². The van der Waals surface area contributed by atoms with E-state index in [1.807, 2.05) is 24.3 Å². The molecule has 150 valence electrons. The number of anilines is 1. The van der Waals surface area contributed by atoms with Gasteiger partial charge in [-0.2, -0.15) is 5.10 Å². The molecule has 1 fully saturated rings. The van der Waals surface area contributed by atoms with Crippen LogP contribution in [0.3, 0.4) is 0 Å². The Morgan fingerprint density at radius 3 is 2.59 bits per heavy atom. The van der Waals surface area contributed by atoms with E-state index < -0.39 is 5.25 Å². The Balaban J connectivity index is 1.55. The molecular formula is C19H16Cl2N4O3S. The topological polar surface area (TPSA) is 92.2 Å². The third-order valence-corrected chi connectivity index (χ3v) is 5.27. The standard InChI is InChI=1S/C19H16Cl2N4O3S/c1-28-15-4-2-11(3-5-15)10-22-25-19-24-18(27)16(29-19)9-17(26)23-14-7-12(20)6-13(21)8-14/h2-8,10,16H,9H2,1H3,(H,23,26)(H,24,25,27)/b22-10+. The van der Waals surface area contributed by atoms with Gasteiger partial charge < -0.3 is 15.4 Å². The van der Waals surface area contributed by atoms with Gasteiger partial charge in [-0.1, -0.05) is 35.0 Å². The first kappa shape index (κ1) is 21.2. The summed E-state index contributed by atoms with van der Waals surface area (Å²) in [5.74, 6) is 0.111. The van der Waals surface area contributed by atoms with Gasteiger partial charge in [0.1, 0.15) is 11.0 Å². The molecule has 0 saturated carbocycles. The summed E-state index contributed by atoms with van der Waals surface area (Å²) in [6.45, 7) is 0. The highest BCUT2D eigenvalue weighted by Gasteiger charge is 2.32. The lowest BCUT2D eigenvalue weighted by molar-refractivity contribution is -0.122. The van der Waals surface area contributed by atoms with E-state index in [9.17, 15) is 9.59 Å². The summed E-state index contributed by atoms with van der Waals surface area (Å²) in [7, 11) is 1.59. The van der Waals surface area contributed by atoms with Gasteiger partial charge in [-0.05, 0) is 48.0 Å². The van der Waals surface area contributed by atoms with Crippen LogP contribution in [0.5, 0.6) is 5.75 Å². The lowest BCUT2D eigenvalue weighted by Crippen LogP contribution is -2.28. The second kappa shape index (κ2) is 9.78. The van der Waals surface area contributed by atoms with Gasteiger partial charge in [0.2, 0.25) is 11.8 Å². The SMILES string of the molecule is COc1ccc(/C=N/N=C2\NC(=O)C(CC(=O)Nc3cc(Cl)cc(Cl)c3)S2)cc1. The zero-order chi connectivity index (χ0) is 20.8. The predicted octanol–water partition coefficient (Wildman–Crippen LogP) is 3.95. The van der Waals surface area contributed by atoms with Crippen LogP contribution in [0.2, 0.25) is 10.0 Å². The second-order valence-corrected chi connectivity index (χ2v) is 7.99. The van der Waals surface area contributed by atoms with Gasteiger partial charge in [-0.15, -0.1) is 5.10 Å². The Hall–Kier alpha value is -2.55. The van der Waals surface area contributed by atoms with E-state index in [2.05, 4.69) is 20.8 Å². The molecule has 1 unspecified atom stereocenters. The van der Waals surface area contributed by atoms with Crippen LogP contribution in [0.15, 0.2) is 52.7 Å². The van der Waals surface area contributed by atoms with Gasteiger partial charge in [0.15, 0.2) is 5.17 Å². The van der Waals surface area contributed by atoms with Crippen LogP contribution in [0, 0.1) is 0 Å². The molecule has 0 aliphatic carbocycles. The molecule has 3 rings (SSSR count). The van der Waals surface area contributed by atoms with Crippen molar-refractivity contribution in [2.45, 2.75) is 11.7 Å².